The summed E-state index contributed by atoms with van der Waals surface area (Å²) in [5, 5.41) is 8.97. The average molecular weight is 250 g/mol. The van der Waals surface area contributed by atoms with Crippen molar-refractivity contribution in [2.75, 3.05) is 36.8 Å². The monoisotopic (exact) mass is 250 g/mol. The van der Waals surface area contributed by atoms with Crippen LogP contribution in [0.5, 0.6) is 0 Å². The number of nitrogens with zero attached hydrogens (tertiary/aromatic N) is 3. The zero-order valence-corrected chi connectivity index (χ0v) is 10.4. The van der Waals surface area contributed by atoms with Gasteiger partial charge in [-0.15, -0.1) is 0 Å². The van der Waals surface area contributed by atoms with Gasteiger partial charge in [-0.25, -0.2) is 4.98 Å². The molecule has 6 heteroatoms. The molecule has 98 valence electrons. The Kier molecular flexibility index (Phi) is 3.66. The molecule has 1 aromatic rings. The van der Waals surface area contributed by atoms with Crippen molar-refractivity contribution in [1.29, 1.82) is 0 Å². The normalized spacial score (nSPS) is 18.6. The van der Waals surface area contributed by atoms with Gasteiger partial charge in [-0.1, -0.05) is 0 Å². The van der Waals surface area contributed by atoms with E-state index in [0.717, 1.165) is 31.9 Å². The van der Waals surface area contributed by atoms with E-state index < -0.39 is 12.0 Å². The van der Waals surface area contributed by atoms with Gasteiger partial charge in [0.1, 0.15) is 11.9 Å². The lowest BCUT2D eigenvalue weighted by Gasteiger charge is -2.37. The highest BCUT2D eigenvalue weighted by molar-refractivity contribution is 5.72. The number of nitrogen functional groups attached to an aromatic ring is 1. The molecule has 1 saturated heterocycles. The predicted octanol–water partition coefficient (Wildman–Crippen LogP) is 0.259. The van der Waals surface area contributed by atoms with Gasteiger partial charge < -0.3 is 15.7 Å². The third-order valence-electron chi connectivity index (χ3n) is 3.36. The van der Waals surface area contributed by atoms with E-state index in [4.69, 9.17) is 10.8 Å². The van der Waals surface area contributed by atoms with Crippen molar-refractivity contribution in [1.82, 2.24) is 9.88 Å². The highest BCUT2D eigenvalue weighted by Gasteiger charge is 2.25. The van der Waals surface area contributed by atoms with Crippen LogP contribution in [-0.2, 0) is 4.79 Å². The fraction of sp³-hybridized carbons (Fsp3) is 0.500. The van der Waals surface area contributed by atoms with Gasteiger partial charge in [0.2, 0.25) is 0 Å². The van der Waals surface area contributed by atoms with Crippen molar-refractivity contribution >= 4 is 17.5 Å². The number of anilines is 2. The number of carboxylic acids is 1. The van der Waals surface area contributed by atoms with E-state index in [-0.39, 0.29) is 0 Å². The number of aromatic nitrogens is 1. The number of hydrogen-bond donors (Lipinski definition) is 2. The Balaban J connectivity index is 1.94. The quantitative estimate of drug-likeness (QED) is 0.800. The summed E-state index contributed by atoms with van der Waals surface area (Å²) in [6.07, 6.45) is 1.76. The summed E-state index contributed by atoms with van der Waals surface area (Å²) in [6, 6.07) is 3.30. The van der Waals surface area contributed by atoms with Crippen LogP contribution in [-0.4, -0.2) is 53.2 Å². The summed E-state index contributed by atoms with van der Waals surface area (Å²) < 4.78 is 0. The van der Waals surface area contributed by atoms with Crippen molar-refractivity contribution in [3.05, 3.63) is 18.3 Å². The average Bonchev–Trinajstić information content (AvgIpc) is 2.39. The molecule has 0 spiro atoms. The van der Waals surface area contributed by atoms with Crippen molar-refractivity contribution in [3.8, 4) is 0 Å². The van der Waals surface area contributed by atoms with E-state index in [9.17, 15) is 4.79 Å². The molecule has 2 rings (SSSR count). The summed E-state index contributed by atoms with van der Waals surface area (Å²) in [6.45, 7) is 4.84. The fourth-order valence-corrected chi connectivity index (χ4v) is 2.11. The van der Waals surface area contributed by atoms with Gasteiger partial charge >= 0.3 is 5.97 Å². The summed E-state index contributed by atoms with van der Waals surface area (Å²) in [5.74, 6) is -0.255. The Morgan fingerprint density at radius 1 is 1.39 bits per heavy atom. The van der Waals surface area contributed by atoms with E-state index >= 15 is 0 Å². The first-order valence-corrected chi connectivity index (χ1v) is 6.01. The molecule has 0 aliphatic carbocycles. The molecule has 18 heavy (non-hydrogen) atoms. The van der Waals surface area contributed by atoms with Crippen LogP contribution in [0.25, 0.3) is 0 Å². The van der Waals surface area contributed by atoms with Crippen LogP contribution in [0, 0.1) is 0 Å². The number of rotatable bonds is 3. The van der Waals surface area contributed by atoms with Gasteiger partial charge in [0, 0.05) is 26.2 Å². The molecule has 1 atom stereocenters. The predicted molar refractivity (Wildman–Crippen MR) is 69.5 cm³/mol. The van der Waals surface area contributed by atoms with E-state index in [1.807, 2.05) is 11.0 Å². The highest BCUT2D eigenvalue weighted by Crippen LogP contribution is 2.17. The molecule has 0 saturated carbocycles. The number of carboxylic acid groups (broad SMARTS) is 1. The molecule has 2 heterocycles. The van der Waals surface area contributed by atoms with Crippen LogP contribution in [0.4, 0.5) is 11.5 Å². The Morgan fingerprint density at radius 2 is 2.06 bits per heavy atom. The molecule has 3 N–H and O–H groups in total. The second-order valence-corrected chi connectivity index (χ2v) is 4.48. The van der Waals surface area contributed by atoms with Gasteiger partial charge in [0.05, 0.1) is 11.9 Å². The molecular weight excluding hydrogens is 232 g/mol. The standard InChI is InChI=1S/C12H18N4O2/c1-9(12(17)18)15-4-6-16(7-5-15)10-2-3-11(13)14-8-10/h2-3,8-9H,4-7H2,1H3,(H2,13,14)(H,17,18). The maximum absolute atomic E-state index is 10.9. The Hall–Kier alpha value is -1.82. The Morgan fingerprint density at radius 3 is 2.56 bits per heavy atom. The number of aliphatic carboxylic acids is 1. The van der Waals surface area contributed by atoms with Crippen molar-refractivity contribution < 1.29 is 9.90 Å². The van der Waals surface area contributed by atoms with Crippen LogP contribution in [0.2, 0.25) is 0 Å². The maximum Gasteiger partial charge on any atom is 0.320 e. The minimum atomic E-state index is -0.766. The van der Waals surface area contributed by atoms with Crippen LogP contribution < -0.4 is 10.6 Å². The Labute approximate surface area is 106 Å². The first-order valence-electron chi connectivity index (χ1n) is 6.01. The number of piperazine rings is 1. The van der Waals surface area contributed by atoms with Gasteiger partial charge in [0.25, 0.3) is 0 Å². The lowest BCUT2D eigenvalue weighted by Crippen LogP contribution is -2.51. The van der Waals surface area contributed by atoms with E-state index in [1.54, 1.807) is 19.2 Å². The zero-order valence-electron chi connectivity index (χ0n) is 10.4. The molecule has 6 nitrogen and oxygen atoms in total. The molecule has 1 fully saturated rings. The number of pyridine rings is 1. The van der Waals surface area contributed by atoms with Crippen LogP contribution >= 0.6 is 0 Å². The molecular formula is C12H18N4O2. The minimum Gasteiger partial charge on any atom is -0.480 e. The number of hydrogen-bond acceptors (Lipinski definition) is 5. The SMILES string of the molecule is CC(C(=O)O)N1CCN(c2ccc(N)nc2)CC1. The highest BCUT2D eigenvalue weighted by atomic mass is 16.4. The molecule has 0 bridgehead atoms. The minimum absolute atomic E-state index is 0.420. The molecule has 1 aliphatic heterocycles. The first-order chi connectivity index (χ1) is 8.58. The lowest BCUT2D eigenvalue weighted by molar-refractivity contribution is -0.142. The molecule has 1 unspecified atom stereocenters. The second-order valence-electron chi connectivity index (χ2n) is 4.48. The summed E-state index contributed by atoms with van der Waals surface area (Å²) in [5.41, 5.74) is 6.58. The smallest absolute Gasteiger partial charge is 0.320 e. The fourth-order valence-electron chi connectivity index (χ4n) is 2.11. The molecule has 1 aromatic heterocycles. The third-order valence-corrected chi connectivity index (χ3v) is 3.36. The van der Waals surface area contributed by atoms with E-state index in [0.29, 0.717) is 5.82 Å². The number of nitrogens with two attached hydrogens (primary N) is 1. The van der Waals surface area contributed by atoms with E-state index in [2.05, 4.69) is 9.88 Å². The van der Waals surface area contributed by atoms with Gasteiger partial charge in [0.15, 0.2) is 0 Å². The van der Waals surface area contributed by atoms with Gasteiger partial charge in [-0.3, -0.25) is 9.69 Å². The van der Waals surface area contributed by atoms with Gasteiger partial charge in [-0.2, -0.15) is 0 Å². The van der Waals surface area contributed by atoms with Crippen molar-refractivity contribution in [2.45, 2.75) is 13.0 Å². The lowest BCUT2D eigenvalue weighted by atomic mass is 10.2. The van der Waals surface area contributed by atoms with Gasteiger partial charge in [-0.05, 0) is 19.1 Å². The summed E-state index contributed by atoms with van der Waals surface area (Å²) in [7, 11) is 0. The largest absolute Gasteiger partial charge is 0.480 e. The van der Waals surface area contributed by atoms with Crippen molar-refractivity contribution in [2.24, 2.45) is 0 Å². The molecule has 0 radical (unpaired) electrons. The van der Waals surface area contributed by atoms with Crippen LogP contribution in [0.3, 0.4) is 0 Å². The summed E-state index contributed by atoms with van der Waals surface area (Å²) in [4.78, 5) is 19.1. The topological polar surface area (TPSA) is 82.7 Å². The maximum atomic E-state index is 10.9. The van der Waals surface area contributed by atoms with E-state index in [1.165, 1.54) is 0 Å². The Bertz CT molecular complexity index is 413. The third kappa shape index (κ3) is 2.70. The number of carbonyl (C=O) groups is 1. The zero-order chi connectivity index (χ0) is 13.1. The van der Waals surface area contributed by atoms with Crippen molar-refractivity contribution in [3.63, 3.8) is 0 Å². The van der Waals surface area contributed by atoms with Crippen LogP contribution in [0.1, 0.15) is 6.92 Å². The van der Waals surface area contributed by atoms with Crippen LogP contribution in [0.15, 0.2) is 18.3 Å². The second kappa shape index (κ2) is 5.22. The molecule has 0 aromatic carbocycles. The molecule has 0 amide bonds. The first kappa shape index (κ1) is 12.6. The summed E-state index contributed by atoms with van der Waals surface area (Å²) >= 11 is 0. The molecule has 1 aliphatic rings.